The number of aliphatic hydroxyl groups is 1. The van der Waals surface area contributed by atoms with Crippen LogP contribution in [0, 0.1) is 23.2 Å². The molecule has 3 rings (SSSR count). The molecule has 0 aliphatic heterocycles. The summed E-state index contributed by atoms with van der Waals surface area (Å²) in [6.07, 6.45) is 13.9. The van der Waals surface area contributed by atoms with E-state index in [1.807, 2.05) is 18.5 Å². The first-order chi connectivity index (χ1) is 12.3. The number of aromatic nitrogens is 4. The van der Waals surface area contributed by atoms with Crippen LogP contribution >= 0.6 is 0 Å². The molecule has 5 heteroatoms. The van der Waals surface area contributed by atoms with Gasteiger partial charge < -0.3 is 5.11 Å². The Kier molecular flexibility index (Phi) is 5.85. The maximum absolute atomic E-state index is 9.98. The van der Waals surface area contributed by atoms with E-state index in [1.165, 1.54) is 38.5 Å². The first-order valence-corrected chi connectivity index (χ1v) is 10.4. The van der Waals surface area contributed by atoms with Gasteiger partial charge in [0.2, 0.25) is 0 Å². The smallest absolute Gasteiger partial charge is 0.138 e. The Labute approximate surface area is 158 Å². The lowest BCUT2D eigenvalue weighted by atomic mass is 9.60. The van der Waals surface area contributed by atoms with E-state index in [1.54, 1.807) is 11.9 Å². The van der Waals surface area contributed by atoms with Gasteiger partial charge in [0.05, 0.1) is 12.1 Å². The molecular weight excluding hydrogens is 324 g/mol. The van der Waals surface area contributed by atoms with Gasteiger partial charge in [-0.2, -0.15) is 0 Å². The van der Waals surface area contributed by atoms with E-state index in [9.17, 15) is 5.11 Å². The molecule has 1 aromatic rings. The normalized spacial score (nSPS) is 32.0. The van der Waals surface area contributed by atoms with E-state index < -0.39 is 5.60 Å². The van der Waals surface area contributed by atoms with Gasteiger partial charge in [-0.25, -0.2) is 4.68 Å². The first-order valence-electron chi connectivity index (χ1n) is 10.4. The maximum Gasteiger partial charge on any atom is 0.138 e. The van der Waals surface area contributed by atoms with Crippen molar-refractivity contribution in [2.45, 2.75) is 91.2 Å². The number of hydrogen-bond donors (Lipinski definition) is 1. The fraction of sp³-hybridized carbons (Fsp3) is 0.857. The van der Waals surface area contributed by atoms with Crippen molar-refractivity contribution in [2.24, 2.45) is 23.2 Å². The fourth-order valence-electron chi connectivity index (χ4n) is 5.79. The molecule has 0 amide bonds. The van der Waals surface area contributed by atoms with Crippen LogP contribution in [0.5, 0.6) is 0 Å². The van der Waals surface area contributed by atoms with E-state index in [4.69, 9.17) is 0 Å². The van der Waals surface area contributed by atoms with Gasteiger partial charge in [-0.05, 0) is 86.0 Å². The number of allylic oxidation sites excluding steroid dienone is 2. The summed E-state index contributed by atoms with van der Waals surface area (Å²) in [5, 5.41) is 21.4. The van der Waals surface area contributed by atoms with Crippen molar-refractivity contribution in [2.75, 3.05) is 0 Å². The van der Waals surface area contributed by atoms with Gasteiger partial charge in [0.15, 0.2) is 0 Å². The van der Waals surface area contributed by atoms with Gasteiger partial charge >= 0.3 is 0 Å². The van der Waals surface area contributed by atoms with Gasteiger partial charge in [-0.3, -0.25) is 0 Å². The highest BCUT2D eigenvalue weighted by atomic mass is 16.3. The van der Waals surface area contributed by atoms with E-state index in [-0.39, 0.29) is 0 Å². The van der Waals surface area contributed by atoms with Gasteiger partial charge in [-0.1, -0.05) is 38.3 Å². The van der Waals surface area contributed by atoms with E-state index in [0.29, 0.717) is 5.41 Å². The lowest BCUT2D eigenvalue weighted by Crippen LogP contribution is -2.36. The van der Waals surface area contributed by atoms with Crippen LogP contribution in [0.4, 0.5) is 0 Å². The molecule has 1 N–H and O–H groups in total. The summed E-state index contributed by atoms with van der Waals surface area (Å²) < 4.78 is 1.81. The predicted molar refractivity (Wildman–Crippen MR) is 103 cm³/mol. The summed E-state index contributed by atoms with van der Waals surface area (Å²) in [4.78, 5) is 0. The van der Waals surface area contributed by atoms with Gasteiger partial charge in [0, 0.05) is 0 Å². The summed E-state index contributed by atoms with van der Waals surface area (Å²) in [5.41, 5.74) is 1.55. The fourth-order valence-corrected chi connectivity index (χ4v) is 5.79. The standard InChI is InChI=1S/C21H36N4O/c1-16(7-5-12-20(2,3)26)18-9-10-19-17(8-6-13-21(18,19)4)11-14-25-15-22-23-24-25/h11,15-16,18-19,26H,5-10,12-14H2,1-4H3/b17-11+/t16-,18-,19+,21-/m1/s1. The van der Waals surface area contributed by atoms with Gasteiger partial charge in [0.25, 0.3) is 0 Å². The molecule has 1 aromatic heterocycles. The quantitative estimate of drug-likeness (QED) is 0.732. The summed E-state index contributed by atoms with van der Waals surface area (Å²) in [6, 6.07) is 0. The van der Waals surface area contributed by atoms with Crippen LogP contribution in [-0.2, 0) is 6.54 Å². The summed E-state index contributed by atoms with van der Waals surface area (Å²) in [6.45, 7) is 9.63. The summed E-state index contributed by atoms with van der Waals surface area (Å²) in [7, 11) is 0. The number of nitrogens with zero attached hydrogens (tertiary/aromatic N) is 4. The predicted octanol–water partition coefficient (Wildman–Crippen LogP) is 4.39. The molecule has 0 spiro atoms. The van der Waals surface area contributed by atoms with Crippen LogP contribution < -0.4 is 0 Å². The zero-order valence-corrected chi connectivity index (χ0v) is 17.0. The molecule has 5 nitrogen and oxygen atoms in total. The highest BCUT2D eigenvalue weighted by molar-refractivity contribution is 5.18. The molecule has 0 unspecified atom stereocenters. The second kappa shape index (κ2) is 7.79. The lowest BCUT2D eigenvalue weighted by Gasteiger charge is -2.44. The van der Waals surface area contributed by atoms with Crippen molar-refractivity contribution in [3.8, 4) is 0 Å². The minimum absolute atomic E-state index is 0.443. The Morgan fingerprint density at radius 1 is 1.42 bits per heavy atom. The average Bonchev–Trinajstić information content (AvgIpc) is 3.18. The van der Waals surface area contributed by atoms with E-state index >= 15 is 0 Å². The molecule has 146 valence electrons. The van der Waals surface area contributed by atoms with Crippen LogP contribution in [-0.4, -0.2) is 30.9 Å². The highest BCUT2D eigenvalue weighted by Gasteiger charge is 2.50. The number of rotatable bonds is 7. The minimum atomic E-state index is -0.529. The Hall–Kier alpha value is -1.23. The third kappa shape index (κ3) is 4.36. The third-order valence-electron chi connectivity index (χ3n) is 7.10. The second-order valence-electron chi connectivity index (χ2n) is 9.59. The SMILES string of the molecule is C[C@H](CCCC(C)(C)O)[C@H]1CC[C@H]2/C(=C/Cn3cnnn3)CCC[C@]12C. The maximum atomic E-state index is 9.98. The molecule has 0 aromatic carbocycles. The average molecular weight is 361 g/mol. The number of fused-ring (bicyclic) bond motifs is 1. The minimum Gasteiger partial charge on any atom is -0.390 e. The lowest BCUT2D eigenvalue weighted by molar-refractivity contribution is 0.0596. The van der Waals surface area contributed by atoms with Crippen LogP contribution in [0.25, 0.3) is 0 Å². The third-order valence-corrected chi connectivity index (χ3v) is 7.10. The molecule has 2 fully saturated rings. The highest BCUT2D eigenvalue weighted by Crippen LogP contribution is 2.59. The molecule has 2 saturated carbocycles. The van der Waals surface area contributed by atoms with Crippen molar-refractivity contribution in [3.63, 3.8) is 0 Å². The molecular formula is C21H36N4O. The van der Waals surface area contributed by atoms with Crippen molar-refractivity contribution >= 4 is 0 Å². The Bertz CT molecular complexity index is 604. The molecule has 26 heavy (non-hydrogen) atoms. The Morgan fingerprint density at radius 3 is 2.92 bits per heavy atom. The molecule has 2 aliphatic rings. The molecule has 0 radical (unpaired) electrons. The summed E-state index contributed by atoms with van der Waals surface area (Å²) in [5.74, 6) is 2.28. The molecule has 0 saturated heterocycles. The topological polar surface area (TPSA) is 63.8 Å². The monoisotopic (exact) mass is 360 g/mol. The van der Waals surface area contributed by atoms with E-state index in [2.05, 4.69) is 35.4 Å². The van der Waals surface area contributed by atoms with E-state index in [0.717, 1.165) is 37.1 Å². The van der Waals surface area contributed by atoms with Crippen LogP contribution in [0.1, 0.15) is 79.1 Å². The Balaban J connectivity index is 1.63. The molecule has 0 bridgehead atoms. The van der Waals surface area contributed by atoms with Crippen LogP contribution in [0.2, 0.25) is 0 Å². The van der Waals surface area contributed by atoms with Crippen molar-refractivity contribution in [3.05, 3.63) is 18.0 Å². The molecule has 2 aliphatic carbocycles. The zero-order chi connectivity index (χ0) is 18.8. The Morgan fingerprint density at radius 2 is 2.23 bits per heavy atom. The van der Waals surface area contributed by atoms with Crippen LogP contribution in [0.15, 0.2) is 18.0 Å². The van der Waals surface area contributed by atoms with Crippen molar-refractivity contribution in [1.29, 1.82) is 0 Å². The number of hydrogen-bond acceptors (Lipinski definition) is 4. The molecule has 1 heterocycles. The van der Waals surface area contributed by atoms with Crippen molar-refractivity contribution < 1.29 is 5.11 Å². The largest absolute Gasteiger partial charge is 0.390 e. The van der Waals surface area contributed by atoms with Crippen LogP contribution in [0.3, 0.4) is 0 Å². The zero-order valence-electron chi connectivity index (χ0n) is 17.0. The van der Waals surface area contributed by atoms with Crippen molar-refractivity contribution in [1.82, 2.24) is 20.2 Å². The molecule has 4 atom stereocenters. The summed E-state index contributed by atoms with van der Waals surface area (Å²) >= 11 is 0. The van der Waals surface area contributed by atoms with Gasteiger partial charge in [-0.15, -0.1) is 5.10 Å². The first kappa shape index (κ1) is 19.5. The van der Waals surface area contributed by atoms with Gasteiger partial charge in [0.1, 0.15) is 6.33 Å². The second-order valence-corrected chi connectivity index (χ2v) is 9.59. The number of tetrazole rings is 1.